The number of sulfonamides is 1. The molecule has 1 atom stereocenters. The van der Waals surface area contributed by atoms with Crippen molar-refractivity contribution >= 4 is 15.7 Å². The van der Waals surface area contributed by atoms with Gasteiger partial charge in [-0.2, -0.15) is 0 Å². The zero-order valence-corrected chi connectivity index (χ0v) is 10.8. The standard InChI is InChI=1S/C12H18N2O2S/c1-2-17(15,16)14-8-7-11(9-14)10-3-5-12(13)6-4-10/h3-6,11H,2,7-9,13H2,1H3. The lowest BCUT2D eigenvalue weighted by atomic mass is 9.98. The van der Waals surface area contributed by atoms with Crippen molar-refractivity contribution in [2.24, 2.45) is 0 Å². The summed E-state index contributed by atoms with van der Waals surface area (Å²) in [5.41, 5.74) is 7.55. The molecule has 2 rings (SSSR count). The Bertz CT molecular complexity index is 482. The van der Waals surface area contributed by atoms with Crippen LogP contribution in [0.1, 0.15) is 24.8 Å². The first kappa shape index (κ1) is 12.4. The van der Waals surface area contributed by atoms with Crippen LogP contribution < -0.4 is 5.73 Å². The summed E-state index contributed by atoms with van der Waals surface area (Å²) in [4.78, 5) is 0. The minimum absolute atomic E-state index is 0.182. The largest absolute Gasteiger partial charge is 0.399 e. The molecule has 1 aliphatic heterocycles. The third-order valence-electron chi connectivity index (χ3n) is 3.32. The van der Waals surface area contributed by atoms with Gasteiger partial charge in [0.25, 0.3) is 0 Å². The molecular formula is C12H18N2O2S. The zero-order valence-electron chi connectivity index (χ0n) is 9.96. The predicted octanol–water partition coefficient (Wildman–Crippen LogP) is 1.41. The highest BCUT2D eigenvalue weighted by Gasteiger charge is 2.30. The first-order valence-corrected chi connectivity index (χ1v) is 7.47. The van der Waals surface area contributed by atoms with E-state index in [-0.39, 0.29) is 5.75 Å². The zero-order chi connectivity index (χ0) is 12.5. The van der Waals surface area contributed by atoms with E-state index < -0.39 is 10.0 Å². The van der Waals surface area contributed by atoms with E-state index in [9.17, 15) is 8.42 Å². The van der Waals surface area contributed by atoms with Gasteiger partial charge < -0.3 is 5.73 Å². The molecule has 4 nitrogen and oxygen atoms in total. The summed E-state index contributed by atoms with van der Waals surface area (Å²) in [6.45, 7) is 2.91. The van der Waals surface area contributed by atoms with Crippen molar-refractivity contribution in [1.29, 1.82) is 0 Å². The topological polar surface area (TPSA) is 63.4 Å². The van der Waals surface area contributed by atoms with Gasteiger partial charge in [0.05, 0.1) is 5.75 Å². The Labute approximate surface area is 102 Å². The van der Waals surface area contributed by atoms with Crippen molar-refractivity contribution in [2.45, 2.75) is 19.3 Å². The summed E-state index contributed by atoms with van der Waals surface area (Å²) >= 11 is 0. The molecule has 1 aromatic carbocycles. The van der Waals surface area contributed by atoms with Crippen molar-refractivity contribution in [3.63, 3.8) is 0 Å². The fourth-order valence-corrected chi connectivity index (χ4v) is 3.36. The van der Waals surface area contributed by atoms with Gasteiger partial charge in [-0.1, -0.05) is 12.1 Å². The third kappa shape index (κ3) is 2.61. The molecule has 0 aliphatic carbocycles. The van der Waals surface area contributed by atoms with Crippen LogP contribution in [0.3, 0.4) is 0 Å². The van der Waals surface area contributed by atoms with E-state index >= 15 is 0 Å². The van der Waals surface area contributed by atoms with Crippen LogP contribution >= 0.6 is 0 Å². The van der Waals surface area contributed by atoms with Gasteiger partial charge in [0.1, 0.15) is 0 Å². The molecule has 0 bridgehead atoms. The molecule has 2 N–H and O–H groups in total. The van der Waals surface area contributed by atoms with E-state index in [2.05, 4.69) is 0 Å². The lowest BCUT2D eigenvalue weighted by molar-refractivity contribution is 0.474. The van der Waals surface area contributed by atoms with Gasteiger partial charge in [0.15, 0.2) is 0 Å². The molecular weight excluding hydrogens is 236 g/mol. The smallest absolute Gasteiger partial charge is 0.213 e. The highest BCUT2D eigenvalue weighted by Crippen LogP contribution is 2.29. The maximum atomic E-state index is 11.7. The van der Waals surface area contributed by atoms with Crippen LogP contribution in [0.4, 0.5) is 5.69 Å². The SMILES string of the molecule is CCS(=O)(=O)N1CCC(c2ccc(N)cc2)C1. The number of hydrogen-bond donors (Lipinski definition) is 1. The van der Waals surface area contributed by atoms with Gasteiger partial charge in [-0.05, 0) is 37.0 Å². The maximum Gasteiger partial charge on any atom is 0.213 e. The van der Waals surface area contributed by atoms with E-state index in [1.807, 2.05) is 24.3 Å². The van der Waals surface area contributed by atoms with E-state index in [0.717, 1.165) is 12.1 Å². The summed E-state index contributed by atoms with van der Waals surface area (Å²) in [7, 11) is -3.04. The molecule has 1 heterocycles. The summed E-state index contributed by atoms with van der Waals surface area (Å²) in [5, 5.41) is 0. The molecule has 0 radical (unpaired) electrons. The molecule has 1 saturated heterocycles. The fraction of sp³-hybridized carbons (Fsp3) is 0.500. The molecule has 17 heavy (non-hydrogen) atoms. The first-order valence-electron chi connectivity index (χ1n) is 5.86. The van der Waals surface area contributed by atoms with Gasteiger partial charge in [-0.15, -0.1) is 0 Å². The first-order chi connectivity index (χ1) is 8.03. The average Bonchev–Trinajstić information content (AvgIpc) is 2.80. The van der Waals surface area contributed by atoms with Crippen LogP contribution in [-0.2, 0) is 10.0 Å². The van der Waals surface area contributed by atoms with Gasteiger partial charge >= 0.3 is 0 Å². The Morgan fingerprint density at radius 2 is 2.00 bits per heavy atom. The number of anilines is 1. The normalized spacial score (nSPS) is 21.8. The Balaban J connectivity index is 2.10. The summed E-state index contributed by atoms with van der Waals surface area (Å²) < 4.78 is 25.1. The summed E-state index contributed by atoms with van der Waals surface area (Å²) in [5.74, 6) is 0.485. The molecule has 1 aromatic rings. The molecule has 0 spiro atoms. The van der Waals surface area contributed by atoms with E-state index in [1.54, 1.807) is 11.2 Å². The van der Waals surface area contributed by atoms with E-state index in [4.69, 9.17) is 5.73 Å². The van der Waals surface area contributed by atoms with Gasteiger partial charge in [0, 0.05) is 18.8 Å². The van der Waals surface area contributed by atoms with Gasteiger partial charge in [0.2, 0.25) is 10.0 Å². The minimum Gasteiger partial charge on any atom is -0.399 e. The van der Waals surface area contributed by atoms with Crippen molar-refractivity contribution in [3.8, 4) is 0 Å². The number of rotatable bonds is 3. The second kappa shape index (κ2) is 4.66. The van der Waals surface area contributed by atoms with Crippen LogP contribution in [0, 0.1) is 0 Å². The molecule has 1 aliphatic rings. The van der Waals surface area contributed by atoms with Crippen LogP contribution in [-0.4, -0.2) is 31.6 Å². The van der Waals surface area contributed by atoms with E-state index in [0.29, 0.717) is 19.0 Å². The van der Waals surface area contributed by atoms with Crippen LogP contribution in [0.25, 0.3) is 0 Å². The third-order valence-corrected chi connectivity index (χ3v) is 5.17. The number of nitrogens with two attached hydrogens (primary N) is 1. The van der Waals surface area contributed by atoms with E-state index in [1.165, 1.54) is 5.56 Å². The molecule has 94 valence electrons. The monoisotopic (exact) mass is 254 g/mol. The van der Waals surface area contributed by atoms with Crippen LogP contribution in [0.2, 0.25) is 0 Å². The quantitative estimate of drug-likeness (QED) is 0.829. The van der Waals surface area contributed by atoms with Crippen molar-refractivity contribution < 1.29 is 8.42 Å². The fourth-order valence-electron chi connectivity index (χ4n) is 2.20. The number of hydrogen-bond acceptors (Lipinski definition) is 3. The Kier molecular flexibility index (Phi) is 3.40. The van der Waals surface area contributed by atoms with Crippen molar-refractivity contribution in [1.82, 2.24) is 4.31 Å². The minimum atomic E-state index is -3.04. The second-order valence-electron chi connectivity index (χ2n) is 4.41. The second-order valence-corrected chi connectivity index (χ2v) is 6.67. The van der Waals surface area contributed by atoms with Crippen LogP contribution in [0.15, 0.2) is 24.3 Å². The average molecular weight is 254 g/mol. The summed E-state index contributed by atoms with van der Waals surface area (Å²) in [6, 6.07) is 7.71. The number of nitrogens with zero attached hydrogens (tertiary/aromatic N) is 1. The highest BCUT2D eigenvalue weighted by molar-refractivity contribution is 7.89. The molecule has 0 saturated carbocycles. The molecule has 0 aromatic heterocycles. The molecule has 5 heteroatoms. The molecule has 1 fully saturated rings. The Hall–Kier alpha value is -1.07. The number of nitrogen functional groups attached to an aromatic ring is 1. The van der Waals surface area contributed by atoms with Crippen LogP contribution in [0.5, 0.6) is 0 Å². The van der Waals surface area contributed by atoms with Gasteiger partial charge in [-0.3, -0.25) is 0 Å². The Morgan fingerprint density at radius 1 is 1.35 bits per heavy atom. The van der Waals surface area contributed by atoms with Gasteiger partial charge in [-0.25, -0.2) is 12.7 Å². The highest BCUT2D eigenvalue weighted by atomic mass is 32.2. The Morgan fingerprint density at radius 3 is 2.59 bits per heavy atom. The molecule has 1 unspecified atom stereocenters. The van der Waals surface area contributed by atoms with Crippen molar-refractivity contribution in [2.75, 3.05) is 24.6 Å². The molecule has 0 amide bonds. The maximum absolute atomic E-state index is 11.7. The predicted molar refractivity (Wildman–Crippen MR) is 69.2 cm³/mol. The number of benzene rings is 1. The lowest BCUT2D eigenvalue weighted by Gasteiger charge is -2.15. The lowest BCUT2D eigenvalue weighted by Crippen LogP contribution is -2.29. The van der Waals surface area contributed by atoms with Crippen molar-refractivity contribution in [3.05, 3.63) is 29.8 Å². The summed E-state index contributed by atoms with van der Waals surface area (Å²) in [6.07, 6.45) is 0.892.